The third-order valence-corrected chi connectivity index (χ3v) is 4.54. The highest BCUT2D eigenvalue weighted by atomic mass is 16.3. The van der Waals surface area contributed by atoms with E-state index in [0.29, 0.717) is 17.9 Å². The molecule has 2 rings (SSSR count). The highest BCUT2D eigenvalue weighted by molar-refractivity contribution is 4.99. The average Bonchev–Trinajstić information content (AvgIpc) is 2.25. The van der Waals surface area contributed by atoms with Gasteiger partial charge in [-0.2, -0.15) is 0 Å². The normalized spacial score (nSPS) is 47.8. The van der Waals surface area contributed by atoms with Gasteiger partial charge in [-0.3, -0.25) is 0 Å². The molecule has 1 saturated carbocycles. The SMILES string of the molecule is CC1CCC(C)C(O)(C2CCCCN2)C1. The summed E-state index contributed by atoms with van der Waals surface area (Å²) in [6, 6.07) is 0.351. The molecule has 0 aromatic carbocycles. The molecule has 1 heterocycles. The third-order valence-electron chi connectivity index (χ3n) is 4.54. The van der Waals surface area contributed by atoms with E-state index in [-0.39, 0.29) is 0 Å². The lowest BCUT2D eigenvalue weighted by Gasteiger charge is -2.47. The van der Waals surface area contributed by atoms with Crippen LogP contribution in [0.3, 0.4) is 0 Å². The summed E-state index contributed by atoms with van der Waals surface area (Å²) in [7, 11) is 0. The number of aliphatic hydroxyl groups is 1. The number of nitrogens with one attached hydrogen (secondary N) is 1. The van der Waals surface area contributed by atoms with Crippen molar-refractivity contribution in [3.05, 3.63) is 0 Å². The van der Waals surface area contributed by atoms with Crippen LogP contribution in [0.2, 0.25) is 0 Å². The van der Waals surface area contributed by atoms with Gasteiger partial charge >= 0.3 is 0 Å². The van der Waals surface area contributed by atoms with E-state index in [4.69, 9.17) is 0 Å². The summed E-state index contributed by atoms with van der Waals surface area (Å²) < 4.78 is 0. The largest absolute Gasteiger partial charge is 0.388 e. The van der Waals surface area contributed by atoms with Crippen molar-refractivity contribution in [1.82, 2.24) is 5.32 Å². The maximum Gasteiger partial charge on any atom is 0.0827 e. The average molecular weight is 211 g/mol. The van der Waals surface area contributed by atoms with Crippen molar-refractivity contribution in [2.24, 2.45) is 11.8 Å². The van der Waals surface area contributed by atoms with Gasteiger partial charge in [0.1, 0.15) is 0 Å². The Morgan fingerprint density at radius 1 is 1.13 bits per heavy atom. The van der Waals surface area contributed by atoms with Gasteiger partial charge in [0.25, 0.3) is 0 Å². The molecule has 1 aliphatic heterocycles. The van der Waals surface area contributed by atoms with Gasteiger partial charge in [-0.1, -0.05) is 26.7 Å². The predicted molar refractivity (Wildman–Crippen MR) is 62.8 cm³/mol. The lowest BCUT2D eigenvalue weighted by Crippen LogP contribution is -2.58. The molecule has 2 nitrogen and oxygen atoms in total. The molecule has 88 valence electrons. The first-order chi connectivity index (χ1) is 7.13. The Morgan fingerprint density at radius 2 is 1.93 bits per heavy atom. The lowest BCUT2D eigenvalue weighted by molar-refractivity contribution is -0.0899. The van der Waals surface area contributed by atoms with Crippen molar-refractivity contribution < 1.29 is 5.11 Å². The van der Waals surface area contributed by atoms with Crippen molar-refractivity contribution in [2.75, 3.05) is 6.54 Å². The van der Waals surface area contributed by atoms with Gasteiger partial charge in [0.05, 0.1) is 5.60 Å². The second kappa shape index (κ2) is 4.42. The zero-order valence-electron chi connectivity index (χ0n) is 10.1. The van der Waals surface area contributed by atoms with Gasteiger partial charge in [-0.05, 0) is 44.1 Å². The number of hydrogen-bond donors (Lipinski definition) is 2. The minimum Gasteiger partial charge on any atom is -0.388 e. The molecule has 2 fully saturated rings. The highest BCUT2D eigenvalue weighted by Crippen LogP contribution is 2.40. The summed E-state index contributed by atoms with van der Waals surface area (Å²) in [6.07, 6.45) is 7.18. The summed E-state index contributed by atoms with van der Waals surface area (Å²) >= 11 is 0. The van der Waals surface area contributed by atoms with E-state index in [2.05, 4.69) is 19.2 Å². The topological polar surface area (TPSA) is 32.3 Å². The van der Waals surface area contributed by atoms with Crippen LogP contribution in [-0.2, 0) is 0 Å². The van der Waals surface area contributed by atoms with Crippen molar-refractivity contribution in [3.63, 3.8) is 0 Å². The molecule has 4 atom stereocenters. The van der Waals surface area contributed by atoms with Gasteiger partial charge in [0.2, 0.25) is 0 Å². The fourth-order valence-electron chi connectivity index (χ4n) is 3.41. The Hall–Kier alpha value is -0.0800. The van der Waals surface area contributed by atoms with Crippen LogP contribution in [0, 0.1) is 11.8 Å². The van der Waals surface area contributed by atoms with Crippen molar-refractivity contribution in [1.29, 1.82) is 0 Å². The molecule has 2 N–H and O–H groups in total. The zero-order valence-corrected chi connectivity index (χ0v) is 10.1. The van der Waals surface area contributed by atoms with Gasteiger partial charge < -0.3 is 10.4 Å². The van der Waals surface area contributed by atoms with Crippen LogP contribution < -0.4 is 5.32 Å². The number of rotatable bonds is 1. The molecule has 0 amide bonds. The Balaban J connectivity index is 2.07. The minimum atomic E-state index is -0.432. The Kier molecular flexibility index (Phi) is 3.36. The summed E-state index contributed by atoms with van der Waals surface area (Å²) in [5, 5.41) is 14.4. The van der Waals surface area contributed by atoms with Crippen LogP contribution in [0.1, 0.15) is 52.4 Å². The molecule has 4 unspecified atom stereocenters. The first-order valence-electron chi connectivity index (χ1n) is 6.58. The van der Waals surface area contributed by atoms with Gasteiger partial charge in [-0.15, -0.1) is 0 Å². The molecule has 15 heavy (non-hydrogen) atoms. The van der Waals surface area contributed by atoms with E-state index < -0.39 is 5.60 Å². The molecular weight excluding hydrogens is 186 g/mol. The Bertz CT molecular complexity index is 213. The molecule has 0 bridgehead atoms. The summed E-state index contributed by atoms with van der Waals surface area (Å²) in [6.45, 7) is 5.59. The molecular formula is C13H25NO. The number of piperidine rings is 1. The molecule has 0 aromatic rings. The van der Waals surface area contributed by atoms with Crippen LogP contribution in [0.25, 0.3) is 0 Å². The van der Waals surface area contributed by atoms with E-state index in [1.54, 1.807) is 0 Å². The zero-order chi connectivity index (χ0) is 10.9. The lowest BCUT2D eigenvalue weighted by atomic mass is 9.67. The molecule has 1 saturated heterocycles. The summed E-state index contributed by atoms with van der Waals surface area (Å²) in [5.74, 6) is 1.15. The molecule has 1 aliphatic carbocycles. The standard InChI is InChI=1S/C13H25NO/c1-10-6-7-11(2)13(15,9-10)12-5-3-4-8-14-12/h10-12,14-15H,3-9H2,1-2H3. The van der Waals surface area contributed by atoms with E-state index in [0.717, 1.165) is 19.4 Å². The second-order valence-corrected chi connectivity index (χ2v) is 5.78. The second-order valence-electron chi connectivity index (χ2n) is 5.78. The van der Waals surface area contributed by atoms with Crippen LogP contribution in [0.15, 0.2) is 0 Å². The van der Waals surface area contributed by atoms with E-state index in [1.165, 1.54) is 25.7 Å². The molecule has 0 radical (unpaired) electrons. The van der Waals surface area contributed by atoms with Crippen LogP contribution in [0.4, 0.5) is 0 Å². The van der Waals surface area contributed by atoms with Gasteiger partial charge in [0.15, 0.2) is 0 Å². The Labute approximate surface area is 93.5 Å². The molecule has 2 heteroatoms. The molecule has 0 aromatic heterocycles. The monoisotopic (exact) mass is 211 g/mol. The molecule has 0 spiro atoms. The van der Waals surface area contributed by atoms with Crippen molar-refractivity contribution >= 4 is 0 Å². The Morgan fingerprint density at radius 3 is 2.60 bits per heavy atom. The minimum absolute atomic E-state index is 0.351. The van der Waals surface area contributed by atoms with Crippen LogP contribution in [-0.4, -0.2) is 23.3 Å². The van der Waals surface area contributed by atoms with Gasteiger partial charge in [0, 0.05) is 6.04 Å². The fourth-order valence-corrected chi connectivity index (χ4v) is 3.41. The number of hydrogen-bond acceptors (Lipinski definition) is 2. The third kappa shape index (κ3) is 2.21. The molecule has 2 aliphatic rings. The maximum atomic E-state index is 10.9. The predicted octanol–water partition coefficient (Wildman–Crippen LogP) is 2.32. The van der Waals surface area contributed by atoms with Crippen molar-refractivity contribution in [3.8, 4) is 0 Å². The summed E-state index contributed by atoms with van der Waals surface area (Å²) in [5.41, 5.74) is -0.432. The first kappa shape index (κ1) is 11.4. The summed E-state index contributed by atoms with van der Waals surface area (Å²) in [4.78, 5) is 0. The fraction of sp³-hybridized carbons (Fsp3) is 1.00. The highest BCUT2D eigenvalue weighted by Gasteiger charge is 2.44. The van der Waals surface area contributed by atoms with Crippen LogP contribution in [0.5, 0.6) is 0 Å². The maximum absolute atomic E-state index is 10.9. The van der Waals surface area contributed by atoms with E-state index in [9.17, 15) is 5.11 Å². The first-order valence-corrected chi connectivity index (χ1v) is 6.58. The van der Waals surface area contributed by atoms with E-state index >= 15 is 0 Å². The van der Waals surface area contributed by atoms with E-state index in [1.807, 2.05) is 0 Å². The van der Waals surface area contributed by atoms with Gasteiger partial charge in [-0.25, -0.2) is 0 Å². The van der Waals surface area contributed by atoms with Crippen LogP contribution >= 0.6 is 0 Å². The quantitative estimate of drug-likeness (QED) is 0.697. The van der Waals surface area contributed by atoms with Crippen molar-refractivity contribution in [2.45, 2.75) is 64.0 Å². The smallest absolute Gasteiger partial charge is 0.0827 e.